The van der Waals surface area contributed by atoms with E-state index < -0.39 is 17.6 Å². The van der Waals surface area contributed by atoms with Gasteiger partial charge in [-0.25, -0.2) is 13.6 Å². The molecule has 1 aromatic carbocycles. The Balaban J connectivity index is 1.88. The Kier molecular flexibility index (Phi) is 5.12. The van der Waals surface area contributed by atoms with Crippen molar-refractivity contribution in [3.63, 3.8) is 0 Å². The summed E-state index contributed by atoms with van der Waals surface area (Å²) in [6.07, 6.45) is 4.18. The number of likely N-dealkylation sites (tertiary alicyclic amines) is 1. The number of piperidine rings is 1. The number of anilines is 1. The van der Waals surface area contributed by atoms with Crippen LogP contribution in [0.3, 0.4) is 0 Å². The molecule has 1 aromatic rings. The van der Waals surface area contributed by atoms with E-state index in [2.05, 4.69) is 11.9 Å². The number of esters is 1. The van der Waals surface area contributed by atoms with Crippen LogP contribution in [0.25, 0.3) is 0 Å². The van der Waals surface area contributed by atoms with Gasteiger partial charge >= 0.3 is 5.97 Å². The monoisotopic (exact) mass is 298 g/mol. The fourth-order valence-corrected chi connectivity index (χ4v) is 2.61. The van der Waals surface area contributed by atoms with Crippen LogP contribution in [0.4, 0.5) is 14.5 Å². The number of carbonyl (C=O) groups is 1. The average molecular weight is 298 g/mol. The lowest BCUT2D eigenvalue weighted by Gasteiger charge is -2.32. The van der Waals surface area contributed by atoms with Crippen LogP contribution in [-0.2, 0) is 4.74 Å². The van der Waals surface area contributed by atoms with Crippen molar-refractivity contribution in [2.45, 2.75) is 31.7 Å². The number of hydrogen-bond acceptors (Lipinski definition) is 4. The maximum atomic E-state index is 13.1. The summed E-state index contributed by atoms with van der Waals surface area (Å²) < 4.78 is 31.2. The van der Waals surface area contributed by atoms with Crippen LogP contribution in [0.5, 0.6) is 0 Å². The Labute approximate surface area is 122 Å². The van der Waals surface area contributed by atoms with Crippen LogP contribution in [0, 0.1) is 11.6 Å². The molecule has 0 radical (unpaired) electrons. The SMILES string of the molecule is CN1CCCCC1CCOC(=O)c1cc(F)c(F)cc1N. The molecule has 1 aliphatic rings. The summed E-state index contributed by atoms with van der Waals surface area (Å²) in [4.78, 5) is 14.1. The molecule has 1 unspecified atom stereocenters. The van der Waals surface area contributed by atoms with E-state index in [9.17, 15) is 13.6 Å². The number of rotatable bonds is 4. The van der Waals surface area contributed by atoms with Gasteiger partial charge in [0.1, 0.15) is 0 Å². The van der Waals surface area contributed by atoms with Crippen LogP contribution in [0.1, 0.15) is 36.0 Å². The molecule has 1 heterocycles. The maximum Gasteiger partial charge on any atom is 0.340 e. The summed E-state index contributed by atoms with van der Waals surface area (Å²) in [6.45, 7) is 1.29. The van der Waals surface area contributed by atoms with Crippen molar-refractivity contribution < 1.29 is 18.3 Å². The van der Waals surface area contributed by atoms with Gasteiger partial charge in [-0.05, 0) is 38.9 Å². The summed E-state index contributed by atoms with van der Waals surface area (Å²) >= 11 is 0. The summed E-state index contributed by atoms with van der Waals surface area (Å²) in [6, 6.07) is 1.97. The first-order valence-corrected chi connectivity index (χ1v) is 7.11. The number of nitrogens with zero attached hydrogens (tertiary/aromatic N) is 1. The largest absolute Gasteiger partial charge is 0.462 e. The number of ether oxygens (including phenoxy) is 1. The highest BCUT2D eigenvalue weighted by Gasteiger charge is 2.20. The van der Waals surface area contributed by atoms with Crippen molar-refractivity contribution in [3.05, 3.63) is 29.3 Å². The van der Waals surface area contributed by atoms with Gasteiger partial charge in [-0.2, -0.15) is 0 Å². The molecule has 0 aliphatic carbocycles. The van der Waals surface area contributed by atoms with Gasteiger partial charge in [0, 0.05) is 17.8 Å². The van der Waals surface area contributed by atoms with E-state index >= 15 is 0 Å². The second-order valence-electron chi connectivity index (χ2n) is 5.41. The highest BCUT2D eigenvalue weighted by Crippen LogP contribution is 2.20. The predicted molar refractivity (Wildman–Crippen MR) is 75.9 cm³/mol. The van der Waals surface area contributed by atoms with E-state index in [1.165, 1.54) is 12.8 Å². The third-order valence-corrected chi connectivity index (χ3v) is 3.92. The van der Waals surface area contributed by atoms with Gasteiger partial charge in [-0.1, -0.05) is 6.42 Å². The summed E-state index contributed by atoms with van der Waals surface area (Å²) in [5.74, 6) is -2.90. The number of nitrogen functional groups attached to an aromatic ring is 1. The van der Waals surface area contributed by atoms with E-state index in [1.807, 2.05) is 0 Å². The van der Waals surface area contributed by atoms with Crippen molar-refractivity contribution in [2.24, 2.45) is 0 Å². The van der Waals surface area contributed by atoms with Gasteiger partial charge in [-0.15, -0.1) is 0 Å². The fourth-order valence-electron chi connectivity index (χ4n) is 2.61. The van der Waals surface area contributed by atoms with Gasteiger partial charge in [0.05, 0.1) is 12.2 Å². The molecule has 21 heavy (non-hydrogen) atoms. The molecule has 0 saturated carbocycles. The topological polar surface area (TPSA) is 55.6 Å². The van der Waals surface area contributed by atoms with Gasteiger partial charge in [0.25, 0.3) is 0 Å². The Bertz CT molecular complexity index is 523. The zero-order valence-electron chi connectivity index (χ0n) is 12.1. The lowest BCUT2D eigenvalue weighted by atomic mass is 10.0. The van der Waals surface area contributed by atoms with Crippen molar-refractivity contribution in [1.29, 1.82) is 0 Å². The Hall–Kier alpha value is -1.69. The molecule has 1 fully saturated rings. The normalized spacial score (nSPS) is 19.5. The van der Waals surface area contributed by atoms with E-state index in [1.54, 1.807) is 0 Å². The Morgan fingerprint density at radius 3 is 2.81 bits per heavy atom. The zero-order chi connectivity index (χ0) is 15.4. The van der Waals surface area contributed by atoms with Crippen LogP contribution < -0.4 is 5.73 Å². The quantitative estimate of drug-likeness (QED) is 0.685. The minimum Gasteiger partial charge on any atom is -0.462 e. The molecule has 1 aliphatic heterocycles. The second kappa shape index (κ2) is 6.85. The molecule has 0 aromatic heterocycles. The van der Waals surface area contributed by atoms with Gasteiger partial charge in [-0.3, -0.25) is 0 Å². The third kappa shape index (κ3) is 3.91. The first-order valence-electron chi connectivity index (χ1n) is 7.11. The highest BCUT2D eigenvalue weighted by atomic mass is 19.2. The Morgan fingerprint density at radius 1 is 1.38 bits per heavy atom. The molecular formula is C15H20F2N2O2. The highest BCUT2D eigenvalue weighted by molar-refractivity contribution is 5.95. The second-order valence-corrected chi connectivity index (χ2v) is 5.41. The van der Waals surface area contributed by atoms with Crippen molar-refractivity contribution in [3.8, 4) is 0 Å². The minimum absolute atomic E-state index is 0.117. The average Bonchev–Trinajstić information content (AvgIpc) is 2.44. The van der Waals surface area contributed by atoms with Crippen LogP contribution in [-0.4, -0.2) is 37.1 Å². The lowest BCUT2D eigenvalue weighted by molar-refractivity contribution is 0.0450. The van der Waals surface area contributed by atoms with E-state index in [0.717, 1.165) is 31.5 Å². The standard InChI is InChI=1S/C15H20F2N2O2/c1-19-6-3-2-4-10(19)5-7-21-15(20)11-8-12(16)13(17)9-14(11)18/h8-10H,2-7,18H2,1H3. The Morgan fingerprint density at radius 2 is 2.10 bits per heavy atom. The smallest absolute Gasteiger partial charge is 0.340 e. The molecule has 6 heteroatoms. The van der Waals surface area contributed by atoms with Gasteiger partial charge in [0.15, 0.2) is 11.6 Å². The predicted octanol–water partition coefficient (Wildman–Crippen LogP) is 2.58. The summed E-state index contributed by atoms with van der Waals surface area (Å²) in [7, 11) is 2.05. The van der Waals surface area contributed by atoms with Crippen LogP contribution in [0.2, 0.25) is 0 Å². The number of carbonyl (C=O) groups excluding carboxylic acids is 1. The summed E-state index contributed by atoms with van der Waals surface area (Å²) in [5, 5.41) is 0. The van der Waals surface area contributed by atoms with Crippen LogP contribution in [0.15, 0.2) is 12.1 Å². The maximum absolute atomic E-state index is 13.1. The fraction of sp³-hybridized carbons (Fsp3) is 0.533. The number of benzene rings is 1. The first-order chi connectivity index (χ1) is 9.99. The molecule has 4 nitrogen and oxygen atoms in total. The van der Waals surface area contributed by atoms with Crippen molar-refractivity contribution >= 4 is 11.7 Å². The molecule has 0 bridgehead atoms. The summed E-state index contributed by atoms with van der Waals surface area (Å²) in [5.41, 5.74) is 5.26. The molecule has 116 valence electrons. The molecule has 0 spiro atoms. The number of halogens is 2. The zero-order valence-corrected chi connectivity index (χ0v) is 12.1. The van der Waals surface area contributed by atoms with Gasteiger partial charge < -0.3 is 15.4 Å². The third-order valence-electron chi connectivity index (χ3n) is 3.92. The molecule has 2 rings (SSSR count). The molecule has 2 N–H and O–H groups in total. The number of hydrogen-bond donors (Lipinski definition) is 1. The van der Waals surface area contributed by atoms with Gasteiger partial charge in [0.2, 0.25) is 0 Å². The van der Waals surface area contributed by atoms with Crippen LogP contribution >= 0.6 is 0 Å². The molecule has 1 atom stereocenters. The van der Waals surface area contributed by atoms with E-state index in [4.69, 9.17) is 10.5 Å². The lowest BCUT2D eigenvalue weighted by Crippen LogP contribution is -2.37. The van der Waals surface area contributed by atoms with Crippen molar-refractivity contribution in [2.75, 3.05) is 25.9 Å². The molecule has 1 saturated heterocycles. The van der Waals surface area contributed by atoms with E-state index in [-0.39, 0.29) is 17.9 Å². The molecular weight excluding hydrogens is 278 g/mol. The van der Waals surface area contributed by atoms with E-state index in [0.29, 0.717) is 6.04 Å². The minimum atomic E-state index is -1.11. The molecule has 0 amide bonds. The number of nitrogens with two attached hydrogens (primary N) is 1. The van der Waals surface area contributed by atoms with Crippen molar-refractivity contribution in [1.82, 2.24) is 4.90 Å². The first kappa shape index (κ1) is 15.7.